The van der Waals surface area contributed by atoms with Gasteiger partial charge in [0.2, 0.25) is 0 Å². The van der Waals surface area contributed by atoms with Crippen molar-refractivity contribution in [1.29, 1.82) is 0 Å². The number of rotatable bonds is 3. The zero-order valence-corrected chi connectivity index (χ0v) is 11.7. The van der Waals surface area contributed by atoms with Gasteiger partial charge in [0.15, 0.2) is 0 Å². The van der Waals surface area contributed by atoms with E-state index in [1.165, 1.54) is 25.1 Å². The van der Waals surface area contributed by atoms with Crippen LogP contribution in [0.2, 0.25) is 0 Å². The number of nitrogens with zero attached hydrogens (tertiary/aromatic N) is 1. The summed E-state index contributed by atoms with van der Waals surface area (Å²) in [4.78, 5) is 2.56. The minimum absolute atomic E-state index is 0.353. The van der Waals surface area contributed by atoms with Crippen LogP contribution >= 0.6 is 0 Å². The average molecular weight is 260 g/mol. The molecule has 2 heterocycles. The van der Waals surface area contributed by atoms with E-state index in [0.29, 0.717) is 18.1 Å². The second-order valence-corrected chi connectivity index (χ2v) is 5.88. The molecule has 0 amide bonds. The smallest absolute Gasteiger partial charge is 0.0830 e. The van der Waals surface area contributed by atoms with Crippen LogP contribution in [-0.2, 0) is 4.74 Å². The van der Waals surface area contributed by atoms with Gasteiger partial charge in [0.1, 0.15) is 0 Å². The van der Waals surface area contributed by atoms with Crippen molar-refractivity contribution in [3.8, 4) is 0 Å². The zero-order chi connectivity index (χ0) is 13.1. The van der Waals surface area contributed by atoms with Crippen molar-refractivity contribution in [3.63, 3.8) is 0 Å². The van der Waals surface area contributed by atoms with Crippen LogP contribution in [0.5, 0.6) is 0 Å². The summed E-state index contributed by atoms with van der Waals surface area (Å²) < 4.78 is 5.98. The van der Waals surface area contributed by atoms with Crippen LogP contribution in [-0.4, -0.2) is 49.8 Å². The van der Waals surface area contributed by atoms with Gasteiger partial charge in [-0.3, -0.25) is 0 Å². The Morgan fingerprint density at radius 2 is 2.11 bits per heavy atom. The maximum atomic E-state index is 5.98. The molecule has 1 unspecified atom stereocenters. The molecule has 1 aromatic rings. The van der Waals surface area contributed by atoms with Gasteiger partial charge >= 0.3 is 0 Å². The Kier molecular flexibility index (Phi) is 4.16. The molecule has 3 rings (SSSR count). The first kappa shape index (κ1) is 13.1. The Labute approximate surface area is 115 Å². The summed E-state index contributed by atoms with van der Waals surface area (Å²) in [5.41, 5.74) is 1.49. The Bertz CT molecular complexity index is 395. The van der Waals surface area contributed by atoms with Crippen molar-refractivity contribution in [1.82, 2.24) is 10.2 Å². The lowest BCUT2D eigenvalue weighted by Gasteiger charge is -2.31. The highest BCUT2D eigenvalue weighted by molar-refractivity contribution is 5.21. The van der Waals surface area contributed by atoms with Crippen LogP contribution < -0.4 is 5.32 Å². The van der Waals surface area contributed by atoms with Crippen molar-refractivity contribution in [2.24, 2.45) is 0 Å². The van der Waals surface area contributed by atoms with Crippen molar-refractivity contribution in [2.75, 3.05) is 32.7 Å². The molecule has 2 aliphatic heterocycles. The molecule has 3 heteroatoms. The Hall–Kier alpha value is -0.900. The zero-order valence-electron chi connectivity index (χ0n) is 11.7. The van der Waals surface area contributed by atoms with Crippen LogP contribution in [0.25, 0.3) is 0 Å². The van der Waals surface area contributed by atoms with Crippen LogP contribution in [0, 0.1) is 0 Å². The monoisotopic (exact) mass is 260 g/mol. The van der Waals surface area contributed by atoms with Crippen molar-refractivity contribution in [2.45, 2.75) is 31.5 Å². The normalized spacial score (nSPS) is 32.6. The van der Waals surface area contributed by atoms with Crippen LogP contribution in [0.1, 0.15) is 24.8 Å². The molecule has 1 N–H and O–H groups in total. The summed E-state index contributed by atoms with van der Waals surface area (Å²) in [5.74, 6) is 0.704. The van der Waals surface area contributed by atoms with Gasteiger partial charge in [-0.1, -0.05) is 30.3 Å². The van der Waals surface area contributed by atoms with E-state index >= 15 is 0 Å². The van der Waals surface area contributed by atoms with E-state index in [1.807, 2.05) is 0 Å². The van der Waals surface area contributed by atoms with Crippen molar-refractivity contribution >= 4 is 0 Å². The summed E-state index contributed by atoms with van der Waals surface area (Å²) in [7, 11) is 0. The molecule has 104 valence electrons. The number of morpholine rings is 1. The van der Waals surface area contributed by atoms with Crippen molar-refractivity contribution < 1.29 is 4.74 Å². The number of hydrogen-bond donors (Lipinski definition) is 1. The summed E-state index contributed by atoms with van der Waals surface area (Å²) in [6.07, 6.45) is 1.99. The first-order chi connectivity index (χ1) is 9.31. The summed E-state index contributed by atoms with van der Waals surface area (Å²) in [6, 6.07) is 10.9. The van der Waals surface area contributed by atoms with Gasteiger partial charge < -0.3 is 15.0 Å². The quantitative estimate of drug-likeness (QED) is 0.897. The number of likely N-dealkylation sites (tertiary alicyclic amines) is 1. The fourth-order valence-corrected chi connectivity index (χ4v) is 3.26. The topological polar surface area (TPSA) is 24.5 Å². The molecule has 0 aromatic heterocycles. The fourth-order valence-electron chi connectivity index (χ4n) is 3.26. The molecule has 0 saturated carbocycles. The molecule has 2 aliphatic rings. The maximum Gasteiger partial charge on any atom is 0.0830 e. The van der Waals surface area contributed by atoms with E-state index in [9.17, 15) is 0 Å². The van der Waals surface area contributed by atoms with E-state index < -0.39 is 0 Å². The van der Waals surface area contributed by atoms with Crippen molar-refractivity contribution in [3.05, 3.63) is 35.9 Å². The molecular weight excluding hydrogens is 236 g/mol. The predicted molar refractivity (Wildman–Crippen MR) is 77.4 cm³/mol. The van der Waals surface area contributed by atoms with E-state index in [4.69, 9.17) is 4.74 Å². The van der Waals surface area contributed by atoms with Gasteiger partial charge in [0.25, 0.3) is 0 Å². The highest BCUT2D eigenvalue weighted by atomic mass is 16.5. The lowest BCUT2D eigenvalue weighted by atomic mass is 9.99. The minimum Gasteiger partial charge on any atom is -0.371 e. The van der Waals surface area contributed by atoms with Gasteiger partial charge in [0.05, 0.1) is 12.2 Å². The Morgan fingerprint density at radius 3 is 2.89 bits per heavy atom. The molecule has 3 atom stereocenters. The lowest BCUT2D eigenvalue weighted by molar-refractivity contribution is -0.0398. The molecule has 2 fully saturated rings. The number of ether oxygens (including phenoxy) is 1. The first-order valence-electron chi connectivity index (χ1n) is 7.45. The summed E-state index contributed by atoms with van der Waals surface area (Å²) >= 11 is 0. The lowest BCUT2D eigenvalue weighted by Crippen LogP contribution is -2.48. The van der Waals surface area contributed by atoms with E-state index in [1.54, 1.807) is 0 Å². The van der Waals surface area contributed by atoms with E-state index in [0.717, 1.165) is 19.6 Å². The molecule has 0 aliphatic carbocycles. The Morgan fingerprint density at radius 1 is 1.26 bits per heavy atom. The molecule has 19 heavy (non-hydrogen) atoms. The van der Waals surface area contributed by atoms with Crippen LogP contribution in [0.15, 0.2) is 30.3 Å². The van der Waals surface area contributed by atoms with Crippen LogP contribution in [0.4, 0.5) is 0 Å². The SMILES string of the molecule is C[C@@H]1CNC[C@@H](CN2CCC(c3ccccc3)C2)O1. The van der Waals surface area contributed by atoms with Gasteiger partial charge in [-0.2, -0.15) is 0 Å². The minimum atomic E-state index is 0.353. The third-order valence-corrected chi connectivity index (χ3v) is 4.23. The predicted octanol–water partition coefficient (Wildman–Crippen LogP) is 1.85. The molecule has 0 bridgehead atoms. The third kappa shape index (κ3) is 3.35. The molecular formula is C16H24N2O. The fraction of sp³-hybridized carbons (Fsp3) is 0.625. The molecule has 3 nitrogen and oxygen atoms in total. The van der Waals surface area contributed by atoms with Gasteiger partial charge in [-0.15, -0.1) is 0 Å². The molecule has 0 radical (unpaired) electrons. The summed E-state index contributed by atoms with van der Waals surface area (Å²) in [5, 5.41) is 3.45. The number of hydrogen-bond acceptors (Lipinski definition) is 3. The van der Waals surface area contributed by atoms with E-state index in [2.05, 4.69) is 47.5 Å². The maximum absolute atomic E-state index is 5.98. The van der Waals surface area contributed by atoms with Gasteiger partial charge in [0, 0.05) is 26.2 Å². The first-order valence-corrected chi connectivity index (χ1v) is 7.45. The molecule has 1 aromatic carbocycles. The summed E-state index contributed by atoms with van der Waals surface area (Å²) in [6.45, 7) is 7.59. The standard InChI is InChI=1S/C16H24N2O/c1-13-9-17-10-16(19-13)12-18-8-7-15(11-18)14-5-3-2-4-6-14/h2-6,13,15-17H,7-12H2,1H3/t13-,15?,16+/m1/s1. The second-order valence-electron chi connectivity index (χ2n) is 5.88. The average Bonchev–Trinajstić information content (AvgIpc) is 2.88. The van der Waals surface area contributed by atoms with Gasteiger partial charge in [-0.25, -0.2) is 0 Å². The molecule has 2 saturated heterocycles. The highest BCUT2D eigenvalue weighted by Crippen LogP contribution is 2.27. The number of nitrogens with one attached hydrogen (secondary N) is 1. The largest absolute Gasteiger partial charge is 0.371 e. The van der Waals surface area contributed by atoms with E-state index in [-0.39, 0.29) is 0 Å². The number of benzene rings is 1. The highest BCUT2D eigenvalue weighted by Gasteiger charge is 2.27. The third-order valence-electron chi connectivity index (χ3n) is 4.23. The van der Waals surface area contributed by atoms with Gasteiger partial charge in [-0.05, 0) is 31.4 Å². The second kappa shape index (κ2) is 6.04. The molecule has 0 spiro atoms. The Balaban J connectivity index is 1.52. The van der Waals surface area contributed by atoms with Crippen LogP contribution in [0.3, 0.4) is 0 Å².